The summed E-state index contributed by atoms with van der Waals surface area (Å²) < 4.78 is 0. The van der Waals surface area contributed by atoms with Crippen molar-refractivity contribution < 1.29 is 0 Å². The van der Waals surface area contributed by atoms with E-state index in [9.17, 15) is 0 Å². The largest absolute Gasteiger partial charge is 0.340 e. The molecule has 0 aliphatic heterocycles. The molecule has 4 heteroatoms. The summed E-state index contributed by atoms with van der Waals surface area (Å²) in [5, 5.41) is 3.36. The van der Waals surface area contributed by atoms with Gasteiger partial charge in [0.15, 0.2) is 5.65 Å². The summed E-state index contributed by atoms with van der Waals surface area (Å²) in [6, 6.07) is 4.02. The Morgan fingerprint density at radius 2 is 2.12 bits per heavy atom. The molecule has 0 amide bonds. The molecule has 0 atom stereocenters. The summed E-state index contributed by atoms with van der Waals surface area (Å²) in [6.07, 6.45) is 0. The highest BCUT2D eigenvalue weighted by Crippen LogP contribution is 2.09. The van der Waals surface area contributed by atoms with Gasteiger partial charge in [0.05, 0.1) is 12.1 Å². The van der Waals surface area contributed by atoms with Crippen molar-refractivity contribution in [2.24, 2.45) is 5.92 Å². The summed E-state index contributed by atoms with van der Waals surface area (Å²) >= 11 is 0. The fourth-order valence-electron chi connectivity index (χ4n) is 1.60. The van der Waals surface area contributed by atoms with Crippen molar-refractivity contribution in [3.8, 4) is 0 Å². The summed E-state index contributed by atoms with van der Waals surface area (Å²) in [5.74, 6) is 1.61. The Labute approximate surface area is 95.5 Å². The van der Waals surface area contributed by atoms with Crippen molar-refractivity contribution in [1.82, 2.24) is 20.3 Å². The molecule has 4 nitrogen and oxygen atoms in total. The number of aromatic nitrogens is 3. The number of hydrogen-bond donors (Lipinski definition) is 2. The second-order valence-electron chi connectivity index (χ2n) is 4.53. The van der Waals surface area contributed by atoms with E-state index in [0.717, 1.165) is 35.8 Å². The van der Waals surface area contributed by atoms with E-state index in [1.54, 1.807) is 0 Å². The SMILES string of the molecule is Cc1ccc2[nH]c(CNCC(C)C)nc2n1. The van der Waals surface area contributed by atoms with Crippen LogP contribution in [0.2, 0.25) is 0 Å². The van der Waals surface area contributed by atoms with Crippen LogP contribution in [0.25, 0.3) is 11.2 Å². The van der Waals surface area contributed by atoms with E-state index in [0.29, 0.717) is 5.92 Å². The Kier molecular flexibility index (Phi) is 3.19. The minimum atomic E-state index is 0.657. The van der Waals surface area contributed by atoms with Crippen molar-refractivity contribution in [3.05, 3.63) is 23.7 Å². The Morgan fingerprint density at radius 1 is 1.31 bits per heavy atom. The minimum absolute atomic E-state index is 0.657. The third-order valence-corrected chi connectivity index (χ3v) is 2.38. The van der Waals surface area contributed by atoms with Crippen molar-refractivity contribution in [1.29, 1.82) is 0 Å². The van der Waals surface area contributed by atoms with Gasteiger partial charge >= 0.3 is 0 Å². The highest BCUT2D eigenvalue weighted by Gasteiger charge is 2.03. The van der Waals surface area contributed by atoms with Gasteiger partial charge in [-0.05, 0) is 31.5 Å². The van der Waals surface area contributed by atoms with E-state index in [4.69, 9.17) is 0 Å². The van der Waals surface area contributed by atoms with Crippen LogP contribution < -0.4 is 5.32 Å². The van der Waals surface area contributed by atoms with Gasteiger partial charge in [0.25, 0.3) is 0 Å². The van der Waals surface area contributed by atoms with Crippen LogP contribution >= 0.6 is 0 Å². The standard InChI is InChI=1S/C12H18N4/c1-8(2)6-13-7-11-15-10-5-4-9(3)14-12(10)16-11/h4-5,8,13H,6-7H2,1-3H3,(H,14,15,16). The number of imidazole rings is 1. The zero-order chi connectivity index (χ0) is 11.5. The van der Waals surface area contributed by atoms with Crippen LogP contribution in [0.4, 0.5) is 0 Å². The van der Waals surface area contributed by atoms with Gasteiger partial charge in [-0.2, -0.15) is 0 Å². The molecule has 0 fully saturated rings. The molecule has 0 unspecified atom stereocenters. The molecule has 2 N–H and O–H groups in total. The number of fused-ring (bicyclic) bond motifs is 1. The summed E-state index contributed by atoms with van der Waals surface area (Å²) in [4.78, 5) is 12.1. The van der Waals surface area contributed by atoms with E-state index in [-0.39, 0.29) is 0 Å². The van der Waals surface area contributed by atoms with Crippen LogP contribution in [0.5, 0.6) is 0 Å². The minimum Gasteiger partial charge on any atom is -0.340 e. The summed E-state index contributed by atoms with van der Waals surface area (Å²) in [6.45, 7) is 8.13. The van der Waals surface area contributed by atoms with Gasteiger partial charge in [-0.25, -0.2) is 9.97 Å². The quantitative estimate of drug-likeness (QED) is 0.825. The number of aryl methyl sites for hydroxylation is 1. The number of pyridine rings is 1. The first kappa shape index (κ1) is 11.1. The van der Waals surface area contributed by atoms with E-state index < -0.39 is 0 Å². The maximum absolute atomic E-state index is 4.44. The van der Waals surface area contributed by atoms with Crippen molar-refractivity contribution in [3.63, 3.8) is 0 Å². The highest BCUT2D eigenvalue weighted by molar-refractivity contribution is 5.70. The smallest absolute Gasteiger partial charge is 0.177 e. The first-order valence-electron chi connectivity index (χ1n) is 5.68. The zero-order valence-electron chi connectivity index (χ0n) is 10.0. The molecule has 2 aromatic rings. The van der Waals surface area contributed by atoms with Crippen LogP contribution in [0, 0.1) is 12.8 Å². The lowest BCUT2D eigenvalue weighted by atomic mass is 10.2. The van der Waals surface area contributed by atoms with Crippen LogP contribution in [0.15, 0.2) is 12.1 Å². The molecule has 0 aliphatic carbocycles. The fraction of sp³-hybridized carbons (Fsp3) is 0.500. The lowest BCUT2D eigenvalue weighted by Gasteiger charge is -2.04. The van der Waals surface area contributed by atoms with Crippen molar-refractivity contribution >= 4 is 11.2 Å². The molecular formula is C12H18N4. The van der Waals surface area contributed by atoms with Crippen LogP contribution in [-0.2, 0) is 6.54 Å². The topological polar surface area (TPSA) is 53.6 Å². The molecule has 16 heavy (non-hydrogen) atoms. The molecule has 0 aromatic carbocycles. The van der Waals surface area contributed by atoms with Gasteiger partial charge in [0.2, 0.25) is 0 Å². The molecule has 2 heterocycles. The first-order valence-corrected chi connectivity index (χ1v) is 5.68. The second-order valence-corrected chi connectivity index (χ2v) is 4.53. The Morgan fingerprint density at radius 3 is 2.88 bits per heavy atom. The third kappa shape index (κ3) is 2.58. The summed E-state index contributed by atoms with van der Waals surface area (Å²) in [7, 11) is 0. The molecule has 0 aliphatic rings. The number of nitrogens with zero attached hydrogens (tertiary/aromatic N) is 2. The van der Waals surface area contributed by atoms with E-state index >= 15 is 0 Å². The monoisotopic (exact) mass is 218 g/mol. The van der Waals surface area contributed by atoms with Crippen LogP contribution in [-0.4, -0.2) is 21.5 Å². The number of aromatic amines is 1. The molecule has 86 valence electrons. The third-order valence-electron chi connectivity index (χ3n) is 2.38. The van der Waals surface area contributed by atoms with Gasteiger partial charge < -0.3 is 10.3 Å². The molecule has 2 aromatic heterocycles. The van der Waals surface area contributed by atoms with E-state index in [1.807, 2.05) is 19.1 Å². The maximum Gasteiger partial charge on any atom is 0.177 e. The van der Waals surface area contributed by atoms with Gasteiger partial charge in [0.1, 0.15) is 5.82 Å². The molecule has 0 radical (unpaired) electrons. The molecule has 0 bridgehead atoms. The molecule has 2 rings (SSSR count). The number of H-pyrrole nitrogens is 1. The van der Waals surface area contributed by atoms with Crippen molar-refractivity contribution in [2.75, 3.05) is 6.54 Å². The Balaban J connectivity index is 2.08. The predicted octanol–water partition coefficient (Wildman–Crippen LogP) is 2.01. The zero-order valence-corrected chi connectivity index (χ0v) is 10.0. The number of hydrogen-bond acceptors (Lipinski definition) is 3. The fourth-order valence-corrected chi connectivity index (χ4v) is 1.60. The number of rotatable bonds is 4. The lowest BCUT2D eigenvalue weighted by Crippen LogP contribution is -2.19. The molecular weight excluding hydrogens is 200 g/mol. The molecule has 0 saturated carbocycles. The Hall–Kier alpha value is -1.42. The van der Waals surface area contributed by atoms with Gasteiger partial charge in [-0.1, -0.05) is 13.8 Å². The Bertz CT molecular complexity index is 473. The molecule has 0 spiro atoms. The first-order chi connectivity index (χ1) is 7.65. The summed E-state index contributed by atoms with van der Waals surface area (Å²) in [5.41, 5.74) is 2.81. The van der Waals surface area contributed by atoms with Crippen LogP contribution in [0.1, 0.15) is 25.4 Å². The average molecular weight is 218 g/mol. The number of nitrogens with one attached hydrogen (secondary N) is 2. The lowest BCUT2D eigenvalue weighted by molar-refractivity contribution is 0.545. The van der Waals surface area contributed by atoms with Gasteiger partial charge in [-0.3, -0.25) is 0 Å². The molecule has 0 saturated heterocycles. The highest BCUT2D eigenvalue weighted by atomic mass is 15.0. The second kappa shape index (κ2) is 4.61. The average Bonchev–Trinajstić information content (AvgIpc) is 2.58. The van der Waals surface area contributed by atoms with Gasteiger partial charge in [0, 0.05) is 5.69 Å². The van der Waals surface area contributed by atoms with Crippen molar-refractivity contribution in [2.45, 2.75) is 27.3 Å². The van der Waals surface area contributed by atoms with Gasteiger partial charge in [-0.15, -0.1) is 0 Å². The normalized spacial score (nSPS) is 11.5. The van der Waals surface area contributed by atoms with E-state index in [2.05, 4.69) is 34.1 Å². The van der Waals surface area contributed by atoms with E-state index in [1.165, 1.54) is 0 Å². The maximum atomic E-state index is 4.44. The van der Waals surface area contributed by atoms with Crippen LogP contribution in [0.3, 0.4) is 0 Å². The predicted molar refractivity (Wildman–Crippen MR) is 65.2 cm³/mol.